The Morgan fingerprint density at radius 3 is 2.36 bits per heavy atom. The molecule has 1 aliphatic carbocycles. The first kappa shape index (κ1) is 8.71. The SMILES string of the molecule is [Li+].[O-]c1ccccc1C1CC1. The van der Waals surface area contributed by atoms with E-state index in [0.717, 1.165) is 5.56 Å². The van der Waals surface area contributed by atoms with Crippen molar-refractivity contribution in [2.75, 3.05) is 0 Å². The summed E-state index contributed by atoms with van der Waals surface area (Å²) in [5.41, 5.74) is 1.02. The number of benzene rings is 1. The van der Waals surface area contributed by atoms with Gasteiger partial charge in [0.2, 0.25) is 0 Å². The van der Waals surface area contributed by atoms with Crippen LogP contribution in [0, 0.1) is 0 Å². The summed E-state index contributed by atoms with van der Waals surface area (Å²) in [6.07, 6.45) is 2.42. The Labute approximate surface area is 78.6 Å². The summed E-state index contributed by atoms with van der Waals surface area (Å²) >= 11 is 0. The molecule has 11 heavy (non-hydrogen) atoms. The molecule has 1 aromatic rings. The van der Waals surface area contributed by atoms with Gasteiger partial charge in [-0.1, -0.05) is 29.8 Å². The van der Waals surface area contributed by atoms with Crippen LogP contribution in [0.1, 0.15) is 24.3 Å². The quantitative estimate of drug-likeness (QED) is 0.442. The van der Waals surface area contributed by atoms with Crippen molar-refractivity contribution < 1.29 is 24.0 Å². The average molecular weight is 140 g/mol. The number of hydrogen-bond acceptors (Lipinski definition) is 1. The van der Waals surface area contributed by atoms with Crippen LogP contribution in [0.3, 0.4) is 0 Å². The van der Waals surface area contributed by atoms with Gasteiger partial charge in [0, 0.05) is 0 Å². The molecule has 0 N–H and O–H groups in total. The van der Waals surface area contributed by atoms with Crippen molar-refractivity contribution in [3.63, 3.8) is 0 Å². The van der Waals surface area contributed by atoms with Crippen molar-refractivity contribution in [2.45, 2.75) is 18.8 Å². The largest absolute Gasteiger partial charge is 1.00 e. The Kier molecular flexibility index (Phi) is 2.65. The monoisotopic (exact) mass is 140 g/mol. The molecule has 0 spiro atoms. The van der Waals surface area contributed by atoms with Crippen molar-refractivity contribution in [3.05, 3.63) is 29.8 Å². The van der Waals surface area contributed by atoms with Crippen LogP contribution in [-0.4, -0.2) is 0 Å². The summed E-state index contributed by atoms with van der Waals surface area (Å²) in [6.45, 7) is 0. The van der Waals surface area contributed by atoms with Gasteiger partial charge in [0.05, 0.1) is 0 Å². The molecule has 1 aliphatic rings. The smallest absolute Gasteiger partial charge is 0.872 e. The van der Waals surface area contributed by atoms with Crippen LogP contribution in [-0.2, 0) is 0 Å². The maximum absolute atomic E-state index is 11.1. The zero-order valence-corrected chi connectivity index (χ0v) is 6.71. The fraction of sp³-hybridized carbons (Fsp3) is 0.333. The third-order valence-corrected chi connectivity index (χ3v) is 1.94. The summed E-state index contributed by atoms with van der Waals surface area (Å²) in [5, 5.41) is 11.1. The summed E-state index contributed by atoms with van der Waals surface area (Å²) < 4.78 is 0. The molecule has 0 radical (unpaired) electrons. The molecule has 0 atom stereocenters. The number of rotatable bonds is 1. The molecule has 0 aliphatic heterocycles. The van der Waals surface area contributed by atoms with E-state index >= 15 is 0 Å². The van der Waals surface area contributed by atoms with Crippen LogP contribution in [0.25, 0.3) is 0 Å². The molecule has 0 heterocycles. The van der Waals surface area contributed by atoms with Gasteiger partial charge in [0.15, 0.2) is 0 Å². The topological polar surface area (TPSA) is 23.1 Å². The first-order valence-corrected chi connectivity index (χ1v) is 3.64. The van der Waals surface area contributed by atoms with E-state index in [1.807, 2.05) is 12.1 Å². The van der Waals surface area contributed by atoms with E-state index in [1.165, 1.54) is 12.8 Å². The van der Waals surface area contributed by atoms with Crippen molar-refractivity contribution in [1.29, 1.82) is 0 Å². The van der Waals surface area contributed by atoms with Gasteiger partial charge in [0.1, 0.15) is 0 Å². The van der Waals surface area contributed by atoms with Gasteiger partial charge in [-0.3, -0.25) is 0 Å². The second-order valence-corrected chi connectivity index (χ2v) is 2.81. The van der Waals surface area contributed by atoms with Crippen LogP contribution in [0.5, 0.6) is 5.75 Å². The second-order valence-electron chi connectivity index (χ2n) is 2.81. The van der Waals surface area contributed by atoms with E-state index in [2.05, 4.69) is 0 Å². The first-order chi connectivity index (χ1) is 4.88. The van der Waals surface area contributed by atoms with Gasteiger partial charge in [-0.15, -0.1) is 5.75 Å². The molecule has 0 saturated heterocycles. The fourth-order valence-corrected chi connectivity index (χ4v) is 1.21. The van der Waals surface area contributed by atoms with Crippen LogP contribution in [0.2, 0.25) is 0 Å². The minimum atomic E-state index is 0. The van der Waals surface area contributed by atoms with Gasteiger partial charge in [-0.2, -0.15) is 0 Å². The molecule has 1 saturated carbocycles. The summed E-state index contributed by atoms with van der Waals surface area (Å²) in [7, 11) is 0. The summed E-state index contributed by atoms with van der Waals surface area (Å²) in [6, 6.07) is 7.33. The van der Waals surface area contributed by atoms with Gasteiger partial charge >= 0.3 is 18.9 Å². The Morgan fingerprint density at radius 1 is 1.18 bits per heavy atom. The van der Waals surface area contributed by atoms with Gasteiger partial charge < -0.3 is 5.11 Å². The van der Waals surface area contributed by atoms with E-state index in [0.29, 0.717) is 5.92 Å². The van der Waals surface area contributed by atoms with Crippen molar-refractivity contribution in [2.24, 2.45) is 0 Å². The Morgan fingerprint density at radius 2 is 1.82 bits per heavy atom. The molecule has 0 amide bonds. The van der Waals surface area contributed by atoms with Crippen molar-refractivity contribution in [1.82, 2.24) is 0 Å². The minimum Gasteiger partial charge on any atom is -0.872 e. The van der Waals surface area contributed by atoms with Crippen LogP contribution < -0.4 is 24.0 Å². The van der Waals surface area contributed by atoms with E-state index < -0.39 is 0 Å². The average Bonchev–Trinajstić information content (AvgIpc) is 2.71. The zero-order chi connectivity index (χ0) is 6.97. The summed E-state index contributed by atoms with van der Waals surface area (Å²) in [5.74, 6) is 0.804. The number of para-hydroxylation sites is 1. The van der Waals surface area contributed by atoms with Crippen LogP contribution in [0.4, 0.5) is 0 Å². The predicted molar refractivity (Wildman–Crippen MR) is 37.9 cm³/mol. The summed E-state index contributed by atoms with van der Waals surface area (Å²) in [4.78, 5) is 0. The maximum atomic E-state index is 11.1. The molecule has 1 fully saturated rings. The zero-order valence-electron chi connectivity index (χ0n) is 6.71. The third kappa shape index (κ3) is 1.80. The number of hydrogen-bond donors (Lipinski definition) is 0. The van der Waals surface area contributed by atoms with Crippen molar-refractivity contribution >= 4 is 0 Å². The Hall–Kier alpha value is -0.383. The minimum absolute atomic E-state index is 0. The molecule has 1 nitrogen and oxygen atoms in total. The third-order valence-electron chi connectivity index (χ3n) is 1.94. The van der Waals surface area contributed by atoms with Gasteiger partial charge in [-0.25, -0.2) is 0 Å². The maximum Gasteiger partial charge on any atom is 1.00 e. The van der Waals surface area contributed by atoms with Gasteiger partial charge in [-0.05, 0) is 18.8 Å². The van der Waals surface area contributed by atoms with Crippen molar-refractivity contribution in [3.8, 4) is 5.75 Å². The van der Waals surface area contributed by atoms with E-state index in [1.54, 1.807) is 12.1 Å². The molecule has 0 aromatic heterocycles. The van der Waals surface area contributed by atoms with E-state index in [4.69, 9.17) is 0 Å². The molecule has 2 rings (SSSR count). The molecule has 0 unspecified atom stereocenters. The Bertz CT molecular complexity index is 243. The first-order valence-electron chi connectivity index (χ1n) is 3.64. The van der Waals surface area contributed by atoms with Gasteiger partial charge in [0.25, 0.3) is 0 Å². The fourth-order valence-electron chi connectivity index (χ4n) is 1.21. The van der Waals surface area contributed by atoms with Crippen LogP contribution in [0.15, 0.2) is 24.3 Å². The molecular weight excluding hydrogens is 131 g/mol. The molecule has 0 bridgehead atoms. The standard InChI is InChI=1S/C9H10O.Li/c10-9-4-2-1-3-8(9)7-5-6-7;/h1-4,7,10H,5-6H2;/q;+1/p-1. The normalized spacial score (nSPS) is 15.6. The molecule has 52 valence electrons. The van der Waals surface area contributed by atoms with E-state index in [-0.39, 0.29) is 24.6 Å². The molecular formula is C9H9LiO. The molecule has 2 heteroatoms. The Balaban J connectivity index is 0.000000605. The second kappa shape index (κ2) is 3.34. The predicted octanol–water partition coefficient (Wildman–Crippen LogP) is -1.36. The van der Waals surface area contributed by atoms with Crippen LogP contribution >= 0.6 is 0 Å². The molecule has 1 aromatic carbocycles. The van der Waals surface area contributed by atoms with E-state index in [9.17, 15) is 5.11 Å².